The van der Waals surface area contributed by atoms with Gasteiger partial charge in [-0.25, -0.2) is 8.78 Å². The van der Waals surface area contributed by atoms with Gasteiger partial charge in [0.25, 0.3) is 5.92 Å². The number of piperidine rings is 2. The Morgan fingerprint density at radius 2 is 1.96 bits per heavy atom. The summed E-state index contributed by atoms with van der Waals surface area (Å²) in [5, 5.41) is 4.35. The Labute approximate surface area is 166 Å². The first kappa shape index (κ1) is 19.8. The Balaban J connectivity index is 1.52. The van der Waals surface area contributed by atoms with E-state index in [0.29, 0.717) is 38.5 Å². The number of amides is 1. The largest absolute Gasteiger partial charge is 0.336 e. The van der Waals surface area contributed by atoms with E-state index in [2.05, 4.69) is 5.10 Å². The average Bonchev–Trinajstić information content (AvgIpc) is 3.20. The van der Waals surface area contributed by atoms with Crippen LogP contribution in [0.3, 0.4) is 0 Å². The molecule has 1 saturated carbocycles. The lowest BCUT2D eigenvalue weighted by atomic mass is 9.71. The van der Waals surface area contributed by atoms with Gasteiger partial charge in [-0.1, -0.05) is 12.8 Å². The molecule has 1 amide bonds. The number of rotatable bonds is 4. The summed E-state index contributed by atoms with van der Waals surface area (Å²) in [6, 6.07) is 1.97. The summed E-state index contributed by atoms with van der Waals surface area (Å²) in [6.45, 7) is 4.01. The molecular weight excluding hydrogens is 362 g/mol. The highest BCUT2D eigenvalue weighted by molar-refractivity contribution is 5.84. The number of halogens is 2. The summed E-state index contributed by atoms with van der Waals surface area (Å²) in [5.41, 5.74) is 0.920. The highest BCUT2D eigenvalue weighted by Gasteiger charge is 2.55. The third-order valence-corrected chi connectivity index (χ3v) is 6.85. The molecule has 3 heterocycles. The van der Waals surface area contributed by atoms with Crippen molar-refractivity contribution in [1.82, 2.24) is 19.6 Å². The number of carbonyl (C=O) groups is 1. The van der Waals surface area contributed by atoms with Crippen LogP contribution in [0.15, 0.2) is 6.07 Å². The predicted molar refractivity (Wildman–Crippen MR) is 103 cm³/mol. The Morgan fingerprint density at radius 1 is 1.21 bits per heavy atom. The quantitative estimate of drug-likeness (QED) is 0.786. The van der Waals surface area contributed by atoms with E-state index in [4.69, 9.17) is 0 Å². The van der Waals surface area contributed by atoms with Gasteiger partial charge in [-0.05, 0) is 44.6 Å². The normalized spacial score (nSPS) is 29.1. The molecule has 5 nitrogen and oxygen atoms in total. The van der Waals surface area contributed by atoms with Crippen molar-refractivity contribution < 1.29 is 13.6 Å². The molecule has 2 saturated heterocycles. The van der Waals surface area contributed by atoms with E-state index in [1.807, 2.05) is 24.9 Å². The van der Waals surface area contributed by atoms with E-state index >= 15 is 0 Å². The molecule has 1 aromatic heterocycles. The lowest BCUT2D eigenvalue weighted by Gasteiger charge is -2.49. The van der Waals surface area contributed by atoms with Gasteiger partial charge in [-0.3, -0.25) is 14.4 Å². The first-order valence-corrected chi connectivity index (χ1v) is 10.7. The molecule has 1 aromatic rings. The Kier molecular flexibility index (Phi) is 5.23. The number of carbonyl (C=O) groups excluding carboxylic acids is 1. The van der Waals surface area contributed by atoms with Crippen molar-refractivity contribution >= 4 is 5.91 Å². The molecule has 1 aliphatic carbocycles. The Hall–Kier alpha value is -1.50. The van der Waals surface area contributed by atoms with Gasteiger partial charge in [-0.15, -0.1) is 0 Å². The van der Waals surface area contributed by atoms with E-state index in [9.17, 15) is 13.6 Å². The SMILES string of the molecule is Cc1cc(CN2CCC[C@]3(CN(CC4CCCC4)CC(F)(F)C3)C2=O)n(C)n1. The molecule has 3 aliphatic rings. The van der Waals surface area contributed by atoms with Crippen LogP contribution in [0.1, 0.15) is 56.3 Å². The third kappa shape index (κ3) is 3.95. The second kappa shape index (κ2) is 7.39. The number of aryl methyl sites for hydroxylation is 2. The molecule has 4 rings (SSSR count). The summed E-state index contributed by atoms with van der Waals surface area (Å²) in [6.07, 6.45) is 5.73. The van der Waals surface area contributed by atoms with Gasteiger partial charge in [0, 0.05) is 33.1 Å². The monoisotopic (exact) mass is 394 g/mol. The van der Waals surface area contributed by atoms with Gasteiger partial charge < -0.3 is 4.90 Å². The van der Waals surface area contributed by atoms with Gasteiger partial charge in [0.1, 0.15) is 0 Å². The summed E-state index contributed by atoms with van der Waals surface area (Å²) in [5.74, 6) is -2.37. The number of hydrogen-bond donors (Lipinski definition) is 0. The van der Waals surface area contributed by atoms with Crippen molar-refractivity contribution in [3.05, 3.63) is 17.5 Å². The zero-order valence-corrected chi connectivity index (χ0v) is 17.1. The molecule has 0 aromatic carbocycles. The second-order valence-electron chi connectivity index (χ2n) is 9.36. The molecule has 156 valence electrons. The fourth-order valence-corrected chi connectivity index (χ4v) is 5.73. The summed E-state index contributed by atoms with van der Waals surface area (Å²) in [7, 11) is 1.87. The minimum Gasteiger partial charge on any atom is -0.336 e. The zero-order valence-electron chi connectivity index (χ0n) is 17.1. The molecule has 0 N–H and O–H groups in total. The maximum atomic E-state index is 14.7. The van der Waals surface area contributed by atoms with E-state index in [1.165, 1.54) is 12.8 Å². The highest BCUT2D eigenvalue weighted by atomic mass is 19.3. The van der Waals surface area contributed by atoms with Crippen molar-refractivity contribution in [2.45, 2.75) is 64.3 Å². The van der Waals surface area contributed by atoms with Crippen LogP contribution in [0.4, 0.5) is 8.78 Å². The van der Waals surface area contributed by atoms with Crippen molar-refractivity contribution in [1.29, 1.82) is 0 Å². The maximum absolute atomic E-state index is 14.7. The Morgan fingerprint density at radius 3 is 2.64 bits per heavy atom. The van der Waals surface area contributed by atoms with Crippen molar-refractivity contribution in [3.63, 3.8) is 0 Å². The van der Waals surface area contributed by atoms with Crippen LogP contribution in [-0.2, 0) is 18.4 Å². The van der Waals surface area contributed by atoms with Crippen LogP contribution < -0.4 is 0 Å². The van der Waals surface area contributed by atoms with Gasteiger partial charge >= 0.3 is 0 Å². The summed E-state index contributed by atoms with van der Waals surface area (Å²) < 4.78 is 31.2. The van der Waals surface area contributed by atoms with Gasteiger partial charge in [0.2, 0.25) is 5.91 Å². The minimum atomic E-state index is -2.79. The Bertz CT molecular complexity index is 728. The number of nitrogens with zero attached hydrogens (tertiary/aromatic N) is 4. The molecule has 1 atom stereocenters. The van der Waals surface area contributed by atoms with Crippen LogP contribution in [0.5, 0.6) is 0 Å². The fourth-order valence-electron chi connectivity index (χ4n) is 5.73. The van der Waals surface area contributed by atoms with Crippen molar-refractivity contribution in [3.8, 4) is 0 Å². The van der Waals surface area contributed by atoms with Gasteiger partial charge in [0.05, 0.1) is 29.9 Å². The number of hydrogen-bond acceptors (Lipinski definition) is 3. The van der Waals surface area contributed by atoms with Gasteiger partial charge in [-0.2, -0.15) is 5.10 Å². The molecule has 0 bridgehead atoms. The number of aromatic nitrogens is 2. The van der Waals surface area contributed by atoms with Crippen LogP contribution in [0.25, 0.3) is 0 Å². The van der Waals surface area contributed by atoms with E-state index in [0.717, 1.165) is 30.7 Å². The van der Waals surface area contributed by atoms with Crippen LogP contribution >= 0.6 is 0 Å². The molecule has 7 heteroatoms. The lowest BCUT2D eigenvalue weighted by molar-refractivity contribution is -0.170. The van der Waals surface area contributed by atoms with E-state index < -0.39 is 11.3 Å². The number of likely N-dealkylation sites (tertiary alicyclic amines) is 2. The fraction of sp³-hybridized carbons (Fsp3) is 0.810. The molecule has 28 heavy (non-hydrogen) atoms. The van der Waals surface area contributed by atoms with Crippen molar-refractivity contribution in [2.24, 2.45) is 18.4 Å². The van der Waals surface area contributed by atoms with E-state index in [1.54, 1.807) is 9.58 Å². The summed E-state index contributed by atoms with van der Waals surface area (Å²) in [4.78, 5) is 17.1. The predicted octanol–water partition coefficient (Wildman–Crippen LogP) is 3.37. The van der Waals surface area contributed by atoms with Crippen LogP contribution in [-0.4, -0.2) is 57.6 Å². The second-order valence-corrected chi connectivity index (χ2v) is 9.36. The number of alkyl halides is 2. The minimum absolute atomic E-state index is 0.0894. The van der Waals surface area contributed by atoms with E-state index in [-0.39, 0.29) is 18.9 Å². The third-order valence-electron chi connectivity index (χ3n) is 6.85. The molecular formula is C21H32F2N4O. The molecule has 0 unspecified atom stereocenters. The first-order chi connectivity index (χ1) is 13.3. The average molecular weight is 395 g/mol. The summed E-state index contributed by atoms with van der Waals surface area (Å²) >= 11 is 0. The zero-order chi connectivity index (χ0) is 19.9. The highest BCUT2D eigenvalue weighted by Crippen LogP contribution is 2.46. The molecule has 3 fully saturated rings. The maximum Gasteiger partial charge on any atom is 0.261 e. The smallest absolute Gasteiger partial charge is 0.261 e. The topological polar surface area (TPSA) is 41.4 Å². The molecule has 0 radical (unpaired) electrons. The molecule has 1 spiro atoms. The van der Waals surface area contributed by atoms with Crippen molar-refractivity contribution in [2.75, 3.05) is 26.2 Å². The molecule has 2 aliphatic heterocycles. The lowest BCUT2D eigenvalue weighted by Crippen LogP contribution is -2.61. The van der Waals surface area contributed by atoms with Crippen LogP contribution in [0.2, 0.25) is 0 Å². The van der Waals surface area contributed by atoms with Gasteiger partial charge in [0.15, 0.2) is 0 Å². The first-order valence-electron chi connectivity index (χ1n) is 10.7. The van der Waals surface area contributed by atoms with Crippen LogP contribution in [0, 0.1) is 18.3 Å². The standard InChI is InChI=1S/C21H32F2N4O/c1-16-10-18(25(2)24-16)12-27-9-5-8-20(19(27)28)13-21(22,23)15-26(14-20)11-17-6-3-4-7-17/h10,17H,3-9,11-15H2,1-2H3/t20-/m0/s1.